The SMILES string of the molecule is C1CN[C@@H](c2nc(C3CC3)no2)C1. The van der Waals surface area contributed by atoms with Gasteiger partial charge in [0.15, 0.2) is 5.82 Å². The first-order chi connectivity index (χ1) is 6.43. The van der Waals surface area contributed by atoms with Gasteiger partial charge in [-0.3, -0.25) is 0 Å². The molecule has 1 N–H and O–H groups in total. The van der Waals surface area contributed by atoms with Gasteiger partial charge < -0.3 is 9.84 Å². The zero-order valence-corrected chi connectivity index (χ0v) is 7.49. The third-order valence-electron chi connectivity index (χ3n) is 2.76. The molecule has 3 rings (SSSR count). The van der Waals surface area contributed by atoms with E-state index in [-0.39, 0.29) is 0 Å². The van der Waals surface area contributed by atoms with Crippen molar-refractivity contribution in [2.75, 3.05) is 6.54 Å². The highest BCUT2D eigenvalue weighted by atomic mass is 16.5. The molecule has 2 heterocycles. The van der Waals surface area contributed by atoms with Gasteiger partial charge in [-0.25, -0.2) is 0 Å². The first-order valence-corrected chi connectivity index (χ1v) is 5.00. The minimum absolute atomic E-state index is 0.319. The molecule has 4 nitrogen and oxygen atoms in total. The second-order valence-corrected chi connectivity index (χ2v) is 3.91. The molecule has 1 aromatic heterocycles. The van der Waals surface area contributed by atoms with Crippen molar-refractivity contribution in [1.29, 1.82) is 0 Å². The first kappa shape index (κ1) is 7.50. The molecule has 2 fully saturated rings. The lowest BCUT2D eigenvalue weighted by Crippen LogP contribution is -2.13. The number of nitrogens with zero attached hydrogens (tertiary/aromatic N) is 2. The molecule has 0 bridgehead atoms. The van der Waals surface area contributed by atoms with Gasteiger partial charge in [0.1, 0.15) is 0 Å². The van der Waals surface area contributed by atoms with Gasteiger partial charge in [0.2, 0.25) is 5.89 Å². The Morgan fingerprint density at radius 3 is 2.92 bits per heavy atom. The lowest BCUT2D eigenvalue weighted by molar-refractivity contribution is 0.341. The van der Waals surface area contributed by atoms with Crippen molar-refractivity contribution in [3.63, 3.8) is 0 Å². The number of rotatable bonds is 2. The smallest absolute Gasteiger partial charge is 0.243 e. The Morgan fingerprint density at radius 2 is 2.23 bits per heavy atom. The van der Waals surface area contributed by atoms with Crippen LogP contribution in [-0.4, -0.2) is 16.7 Å². The monoisotopic (exact) mass is 179 g/mol. The Morgan fingerprint density at radius 1 is 1.31 bits per heavy atom. The molecule has 1 aliphatic carbocycles. The third kappa shape index (κ3) is 1.35. The summed E-state index contributed by atoms with van der Waals surface area (Å²) in [6.07, 6.45) is 4.81. The quantitative estimate of drug-likeness (QED) is 0.745. The molecule has 0 spiro atoms. The Balaban J connectivity index is 1.79. The number of nitrogens with one attached hydrogen (secondary N) is 1. The lowest BCUT2D eigenvalue weighted by Gasteiger charge is -2.01. The molecule has 70 valence electrons. The van der Waals surface area contributed by atoms with E-state index >= 15 is 0 Å². The molecule has 1 aromatic rings. The molecule has 2 aliphatic rings. The van der Waals surface area contributed by atoms with Crippen LogP contribution in [0.2, 0.25) is 0 Å². The van der Waals surface area contributed by atoms with Crippen LogP contribution in [0.25, 0.3) is 0 Å². The molecule has 1 saturated carbocycles. The fourth-order valence-corrected chi connectivity index (χ4v) is 1.79. The molecule has 0 aromatic carbocycles. The van der Waals surface area contributed by atoms with Crippen molar-refractivity contribution >= 4 is 0 Å². The van der Waals surface area contributed by atoms with E-state index in [2.05, 4.69) is 15.5 Å². The van der Waals surface area contributed by atoms with Gasteiger partial charge in [-0.2, -0.15) is 4.98 Å². The van der Waals surface area contributed by atoms with Crippen molar-refractivity contribution in [3.8, 4) is 0 Å². The highest BCUT2D eigenvalue weighted by Crippen LogP contribution is 2.38. The van der Waals surface area contributed by atoms with E-state index in [4.69, 9.17) is 4.52 Å². The summed E-state index contributed by atoms with van der Waals surface area (Å²) in [5.41, 5.74) is 0. The molecular formula is C9H13N3O. The van der Waals surface area contributed by atoms with Crippen LogP contribution in [0.5, 0.6) is 0 Å². The zero-order valence-electron chi connectivity index (χ0n) is 7.49. The number of aromatic nitrogens is 2. The predicted octanol–water partition coefficient (Wildman–Crippen LogP) is 1.37. The van der Waals surface area contributed by atoms with Crippen LogP contribution in [0.3, 0.4) is 0 Å². The maximum atomic E-state index is 5.23. The first-order valence-electron chi connectivity index (χ1n) is 5.00. The standard InChI is InChI=1S/C9H13N3O/c1-2-7(10-5-1)9-11-8(12-13-9)6-3-4-6/h6-7,10H,1-5H2/t7-/m1/s1. The normalized spacial score (nSPS) is 28.2. The molecule has 0 radical (unpaired) electrons. The average molecular weight is 179 g/mol. The van der Waals surface area contributed by atoms with Crippen LogP contribution in [0.4, 0.5) is 0 Å². The highest BCUT2D eigenvalue weighted by molar-refractivity contribution is 5.05. The van der Waals surface area contributed by atoms with Crippen molar-refractivity contribution in [2.45, 2.75) is 37.6 Å². The van der Waals surface area contributed by atoms with Gasteiger partial charge in [0, 0.05) is 5.92 Å². The Hall–Kier alpha value is -0.900. The second-order valence-electron chi connectivity index (χ2n) is 3.91. The summed E-state index contributed by atoms with van der Waals surface area (Å²) in [6.45, 7) is 1.08. The van der Waals surface area contributed by atoms with Crippen LogP contribution in [0, 0.1) is 0 Å². The van der Waals surface area contributed by atoms with Crippen LogP contribution >= 0.6 is 0 Å². The fraction of sp³-hybridized carbons (Fsp3) is 0.778. The molecule has 1 atom stereocenters. The van der Waals surface area contributed by atoms with Crippen LogP contribution in [0.1, 0.15) is 49.4 Å². The van der Waals surface area contributed by atoms with Crippen molar-refractivity contribution < 1.29 is 4.52 Å². The maximum Gasteiger partial charge on any atom is 0.243 e. The predicted molar refractivity (Wildman–Crippen MR) is 46.3 cm³/mol. The van der Waals surface area contributed by atoms with Gasteiger partial charge in [0.05, 0.1) is 6.04 Å². The Labute approximate surface area is 76.7 Å². The van der Waals surface area contributed by atoms with E-state index in [1.54, 1.807) is 0 Å². The largest absolute Gasteiger partial charge is 0.338 e. The maximum absolute atomic E-state index is 5.23. The fourth-order valence-electron chi connectivity index (χ4n) is 1.79. The van der Waals surface area contributed by atoms with Crippen LogP contribution < -0.4 is 5.32 Å². The molecular weight excluding hydrogens is 166 g/mol. The van der Waals surface area contributed by atoms with Gasteiger partial charge in [-0.05, 0) is 32.2 Å². The summed E-state index contributed by atoms with van der Waals surface area (Å²) in [6, 6.07) is 0.319. The molecule has 0 amide bonds. The summed E-state index contributed by atoms with van der Waals surface area (Å²) in [5.74, 6) is 2.31. The molecule has 1 saturated heterocycles. The minimum Gasteiger partial charge on any atom is -0.338 e. The summed E-state index contributed by atoms with van der Waals surface area (Å²) in [5, 5.41) is 7.35. The average Bonchev–Trinajstić information content (AvgIpc) is 2.72. The highest BCUT2D eigenvalue weighted by Gasteiger charge is 2.30. The van der Waals surface area contributed by atoms with E-state index in [9.17, 15) is 0 Å². The number of hydrogen-bond acceptors (Lipinski definition) is 4. The summed E-state index contributed by atoms with van der Waals surface area (Å²) < 4.78 is 5.23. The topological polar surface area (TPSA) is 51.0 Å². The van der Waals surface area contributed by atoms with Crippen molar-refractivity contribution in [2.24, 2.45) is 0 Å². The van der Waals surface area contributed by atoms with E-state index in [1.165, 1.54) is 19.3 Å². The van der Waals surface area contributed by atoms with Gasteiger partial charge >= 0.3 is 0 Å². The third-order valence-corrected chi connectivity index (χ3v) is 2.76. The van der Waals surface area contributed by atoms with Crippen LogP contribution in [-0.2, 0) is 0 Å². The lowest BCUT2D eigenvalue weighted by atomic mass is 10.2. The Bertz CT molecular complexity index is 300. The van der Waals surface area contributed by atoms with Crippen LogP contribution in [0.15, 0.2) is 4.52 Å². The van der Waals surface area contributed by atoms with E-state index < -0.39 is 0 Å². The Kier molecular flexibility index (Phi) is 1.62. The summed E-state index contributed by atoms with van der Waals surface area (Å²) in [7, 11) is 0. The number of hydrogen-bond donors (Lipinski definition) is 1. The van der Waals surface area contributed by atoms with E-state index in [1.807, 2.05) is 0 Å². The molecule has 1 aliphatic heterocycles. The van der Waals surface area contributed by atoms with E-state index in [0.29, 0.717) is 12.0 Å². The molecule has 4 heteroatoms. The second kappa shape index (κ2) is 2.80. The van der Waals surface area contributed by atoms with Gasteiger partial charge in [0.25, 0.3) is 0 Å². The molecule has 0 unspecified atom stereocenters. The molecule has 13 heavy (non-hydrogen) atoms. The minimum atomic E-state index is 0.319. The van der Waals surface area contributed by atoms with E-state index in [0.717, 1.165) is 24.7 Å². The van der Waals surface area contributed by atoms with Crippen molar-refractivity contribution in [1.82, 2.24) is 15.5 Å². The van der Waals surface area contributed by atoms with Gasteiger partial charge in [-0.1, -0.05) is 5.16 Å². The zero-order chi connectivity index (χ0) is 8.67. The van der Waals surface area contributed by atoms with Gasteiger partial charge in [-0.15, -0.1) is 0 Å². The summed E-state index contributed by atoms with van der Waals surface area (Å²) in [4.78, 5) is 4.41. The van der Waals surface area contributed by atoms with Crippen molar-refractivity contribution in [3.05, 3.63) is 11.7 Å². The summed E-state index contributed by atoms with van der Waals surface area (Å²) >= 11 is 0.